The molecule has 1 aromatic carbocycles. The summed E-state index contributed by atoms with van der Waals surface area (Å²) in [6.07, 6.45) is 0. The number of rotatable bonds is 9. The predicted octanol–water partition coefficient (Wildman–Crippen LogP) is 1.52. The van der Waals surface area contributed by atoms with Gasteiger partial charge in [0.15, 0.2) is 0 Å². The van der Waals surface area contributed by atoms with Gasteiger partial charge in [-0.2, -0.15) is 0 Å². The first-order valence-electron chi connectivity index (χ1n) is 6.69. The van der Waals surface area contributed by atoms with Crippen molar-refractivity contribution in [1.29, 1.82) is 0 Å². The van der Waals surface area contributed by atoms with Crippen molar-refractivity contribution in [3.8, 4) is 0 Å². The normalized spacial score (nSPS) is 14.6. The van der Waals surface area contributed by atoms with Crippen LogP contribution in [0.2, 0.25) is 0 Å². The van der Waals surface area contributed by atoms with Crippen LogP contribution in [0.3, 0.4) is 0 Å². The molecule has 1 unspecified atom stereocenters. The maximum atomic E-state index is 9.48. The van der Waals surface area contributed by atoms with Gasteiger partial charge in [-0.15, -0.1) is 0 Å². The summed E-state index contributed by atoms with van der Waals surface area (Å²) in [6.45, 7) is 6.10. The van der Waals surface area contributed by atoms with Gasteiger partial charge < -0.3 is 20.3 Å². The molecule has 0 saturated carbocycles. The maximum absolute atomic E-state index is 9.48. The first-order chi connectivity index (χ1) is 9.08. The van der Waals surface area contributed by atoms with Gasteiger partial charge in [-0.3, -0.25) is 0 Å². The van der Waals surface area contributed by atoms with Crippen molar-refractivity contribution in [1.82, 2.24) is 0 Å². The molecule has 0 aliphatic heterocycles. The first kappa shape index (κ1) is 16.1. The summed E-state index contributed by atoms with van der Waals surface area (Å²) in [6, 6.07) is 9.52. The summed E-state index contributed by atoms with van der Waals surface area (Å²) in [5, 5.41) is 9.48. The van der Waals surface area contributed by atoms with Crippen LogP contribution in [0.4, 0.5) is 0 Å². The molecule has 0 radical (unpaired) electrons. The number of hydrogen-bond acceptors (Lipinski definition) is 4. The Balaban J connectivity index is 2.33. The van der Waals surface area contributed by atoms with Crippen LogP contribution < -0.4 is 5.73 Å². The Hall–Kier alpha value is -0.940. The molecule has 3 N–H and O–H groups in total. The number of benzene rings is 1. The van der Waals surface area contributed by atoms with Crippen molar-refractivity contribution in [2.24, 2.45) is 11.7 Å². The standard InChI is InChI=1S/C15H25NO3/c1-13(2)10-18-8-9-19-12-15(16,11-17)14-6-4-3-5-7-14/h3-7,13,17H,8-12,16H2,1-2H3. The zero-order valence-electron chi connectivity index (χ0n) is 11.8. The Morgan fingerprint density at radius 2 is 1.79 bits per heavy atom. The lowest BCUT2D eigenvalue weighted by Gasteiger charge is -2.27. The molecular formula is C15H25NO3. The highest BCUT2D eigenvalue weighted by atomic mass is 16.5. The van der Waals surface area contributed by atoms with Crippen molar-refractivity contribution in [3.05, 3.63) is 35.9 Å². The fourth-order valence-electron chi connectivity index (χ4n) is 1.68. The van der Waals surface area contributed by atoms with Gasteiger partial charge in [0.2, 0.25) is 0 Å². The predicted molar refractivity (Wildman–Crippen MR) is 75.9 cm³/mol. The Morgan fingerprint density at radius 1 is 1.16 bits per heavy atom. The van der Waals surface area contributed by atoms with E-state index in [0.717, 1.165) is 12.2 Å². The number of hydrogen-bond donors (Lipinski definition) is 2. The fourth-order valence-corrected chi connectivity index (χ4v) is 1.68. The van der Waals surface area contributed by atoms with Crippen LogP contribution in [0.1, 0.15) is 19.4 Å². The molecule has 4 heteroatoms. The van der Waals surface area contributed by atoms with Crippen LogP contribution >= 0.6 is 0 Å². The summed E-state index contributed by atoms with van der Waals surface area (Å²) in [4.78, 5) is 0. The number of aliphatic hydroxyl groups is 1. The van der Waals surface area contributed by atoms with E-state index in [1.165, 1.54) is 0 Å². The lowest BCUT2D eigenvalue weighted by Crippen LogP contribution is -2.45. The highest BCUT2D eigenvalue weighted by Crippen LogP contribution is 2.17. The van der Waals surface area contributed by atoms with Gasteiger partial charge in [-0.1, -0.05) is 44.2 Å². The summed E-state index contributed by atoms with van der Waals surface area (Å²) in [5.41, 5.74) is 6.19. The molecule has 0 amide bonds. The van der Waals surface area contributed by atoms with E-state index in [1.54, 1.807) is 0 Å². The van der Waals surface area contributed by atoms with Crippen molar-refractivity contribution >= 4 is 0 Å². The van der Waals surface area contributed by atoms with E-state index in [9.17, 15) is 5.11 Å². The molecule has 0 aliphatic carbocycles. The Labute approximate surface area is 115 Å². The van der Waals surface area contributed by atoms with Gasteiger partial charge >= 0.3 is 0 Å². The van der Waals surface area contributed by atoms with Gasteiger partial charge in [-0.25, -0.2) is 0 Å². The van der Waals surface area contributed by atoms with Crippen molar-refractivity contribution in [2.75, 3.05) is 33.0 Å². The number of aliphatic hydroxyl groups excluding tert-OH is 1. The minimum atomic E-state index is -0.848. The van der Waals surface area contributed by atoms with Crippen molar-refractivity contribution in [2.45, 2.75) is 19.4 Å². The lowest BCUT2D eigenvalue weighted by atomic mass is 9.93. The maximum Gasteiger partial charge on any atom is 0.0881 e. The highest BCUT2D eigenvalue weighted by Gasteiger charge is 2.26. The van der Waals surface area contributed by atoms with E-state index in [0.29, 0.717) is 19.1 Å². The first-order valence-corrected chi connectivity index (χ1v) is 6.69. The average Bonchev–Trinajstić information content (AvgIpc) is 2.43. The quantitative estimate of drug-likeness (QED) is 0.666. The molecule has 0 heterocycles. The molecule has 108 valence electrons. The molecule has 0 saturated heterocycles. The highest BCUT2D eigenvalue weighted by molar-refractivity contribution is 5.24. The van der Waals surface area contributed by atoms with Gasteiger partial charge in [0.25, 0.3) is 0 Å². The molecule has 1 atom stereocenters. The zero-order valence-corrected chi connectivity index (χ0v) is 11.8. The molecular weight excluding hydrogens is 242 g/mol. The summed E-state index contributed by atoms with van der Waals surface area (Å²) >= 11 is 0. The zero-order chi connectivity index (χ0) is 14.1. The Bertz CT molecular complexity index is 343. The van der Waals surface area contributed by atoms with E-state index in [-0.39, 0.29) is 13.2 Å². The smallest absolute Gasteiger partial charge is 0.0881 e. The van der Waals surface area contributed by atoms with Crippen LogP contribution in [0.15, 0.2) is 30.3 Å². The second-order valence-corrected chi connectivity index (χ2v) is 5.20. The molecule has 0 bridgehead atoms. The van der Waals surface area contributed by atoms with Gasteiger partial charge in [0.1, 0.15) is 0 Å². The molecule has 0 aliphatic rings. The largest absolute Gasteiger partial charge is 0.394 e. The third-order valence-corrected chi connectivity index (χ3v) is 2.81. The SMILES string of the molecule is CC(C)COCCOCC(N)(CO)c1ccccc1. The molecule has 0 aromatic heterocycles. The third-order valence-electron chi connectivity index (χ3n) is 2.81. The Morgan fingerprint density at radius 3 is 2.37 bits per heavy atom. The minimum absolute atomic E-state index is 0.149. The second-order valence-electron chi connectivity index (χ2n) is 5.20. The van der Waals surface area contributed by atoms with E-state index in [1.807, 2.05) is 30.3 Å². The molecule has 4 nitrogen and oxygen atoms in total. The third kappa shape index (κ3) is 5.70. The van der Waals surface area contributed by atoms with Gasteiger partial charge in [0, 0.05) is 6.61 Å². The molecule has 0 fully saturated rings. The molecule has 1 rings (SSSR count). The van der Waals surface area contributed by atoms with Crippen LogP contribution in [-0.4, -0.2) is 38.1 Å². The summed E-state index contributed by atoms with van der Waals surface area (Å²) in [5.74, 6) is 0.523. The van der Waals surface area contributed by atoms with Gasteiger partial charge in [-0.05, 0) is 11.5 Å². The topological polar surface area (TPSA) is 64.7 Å². The molecule has 19 heavy (non-hydrogen) atoms. The van der Waals surface area contributed by atoms with E-state index in [4.69, 9.17) is 15.2 Å². The number of nitrogens with two attached hydrogens (primary N) is 1. The summed E-state index contributed by atoms with van der Waals surface area (Å²) in [7, 11) is 0. The van der Waals surface area contributed by atoms with E-state index >= 15 is 0 Å². The number of ether oxygens (including phenoxy) is 2. The van der Waals surface area contributed by atoms with E-state index < -0.39 is 5.54 Å². The van der Waals surface area contributed by atoms with Crippen LogP contribution in [0.5, 0.6) is 0 Å². The van der Waals surface area contributed by atoms with Crippen LogP contribution in [-0.2, 0) is 15.0 Å². The minimum Gasteiger partial charge on any atom is -0.394 e. The monoisotopic (exact) mass is 267 g/mol. The molecule has 0 spiro atoms. The van der Waals surface area contributed by atoms with E-state index in [2.05, 4.69) is 13.8 Å². The average molecular weight is 267 g/mol. The van der Waals surface area contributed by atoms with Crippen LogP contribution in [0.25, 0.3) is 0 Å². The summed E-state index contributed by atoms with van der Waals surface area (Å²) < 4.78 is 10.9. The van der Waals surface area contributed by atoms with Gasteiger partial charge in [0.05, 0.1) is 32.0 Å². The fraction of sp³-hybridized carbons (Fsp3) is 0.600. The van der Waals surface area contributed by atoms with Crippen molar-refractivity contribution < 1.29 is 14.6 Å². The Kier molecular flexibility index (Phi) is 7.02. The van der Waals surface area contributed by atoms with Crippen LogP contribution in [0, 0.1) is 5.92 Å². The lowest BCUT2D eigenvalue weighted by molar-refractivity contribution is 0.00777. The second kappa shape index (κ2) is 8.27. The van der Waals surface area contributed by atoms with Crippen molar-refractivity contribution in [3.63, 3.8) is 0 Å². The molecule has 1 aromatic rings.